The van der Waals surface area contributed by atoms with Crippen molar-refractivity contribution in [2.24, 2.45) is 0 Å². The van der Waals surface area contributed by atoms with Gasteiger partial charge < -0.3 is 20.5 Å². The van der Waals surface area contributed by atoms with E-state index in [1.54, 1.807) is 30.3 Å². The van der Waals surface area contributed by atoms with Crippen LogP contribution in [-0.4, -0.2) is 17.1 Å². The Morgan fingerprint density at radius 1 is 0.816 bits per heavy atom. The predicted molar refractivity (Wildman–Crippen MR) is 148 cm³/mol. The molecule has 7 heteroatoms. The van der Waals surface area contributed by atoms with E-state index in [0.717, 1.165) is 17.2 Å². The summed E-state index contributed by atoms with van der Waals surface area (Å²) >= 11 is 0. The molecule has 6 nitrogen and oxygen atoms in total. The zero-order valence-electron chi connectivity index (χ0n) is 21.6. The third-order valence-electron chi connectivity index (χ3n) is 5.99. The molecular formula is C31H29FN2O4. The van der Waals surface area contributed by atoms with Gasteiger partial charge in [0.25, 0.3) is 0 Å². The number of benzene rings is 4. The fourth-order valence-electron chi connectivity index (χ4n) is 3.98. The highest BCUT2D eigenvalue weighted by atomic mass is 19.1. The van der Waals surface area contributed by atoms with Gasteiger partial charge in [0.05, 0.1) is 11.3 Å². The Hall–Kier alpha value is -4.65. The monoisotopic (exact) mass is 512 g/mol. The summed E-state index contributed by atoms with van der Waals surface area (Å²) in [4.78, 5) is 24.1. The molecule has 0 radical (unpaired) electrons. The predicted octanol–water partition coefficient (Wildman–Crippen LogP) is 8.23. The third-order valence-corrected chi connectivity index (χ3v) is 5.99. The number of para-hydroxylation sites is 1. The lowest BCUT2D eigenvalue weighted by molar-refractivity contribution is 0.0692. The molecule has 0 spiro atoms. The summed E-state index contributed by atoms with van der Waals surface area (Å²) in [6.45, 7) is 8.21. The molecule has 0 aliphatic carbocycles. The second-order valence-electron chi connectivity index (χ2n) is 10.0. The van der Waals surface area contributed by atoms with Crippen LogP contribution in [0.5, 0.6) is 11.5 Å². The molecule has 0 saturated carbocycles. The summed E-state index contributed by atoms with van der Waals surface area (Å²) in [5.41, 5.74) is 3.47. The number of halogens is 1. The van der Waals surface area contributed by atoms with Crippen LogP contribution in [0.2, 0.25) is 0 Å². The maximum Gasteiger partial charge on any atom is 0.338 e. The van der Waals surface area contributed by atoms with Crippen LogP contribution in [-0.2, 0) is 5.41 Å². The first-order chi connectivity index (χ1) is 18.0. The topological polar surface area (TPSA) is 87.7 Å². The number of carbonyl (C=O) groups excluding carboxylic acids is 1. The number of carboxylic acids is 1. The zero-order chi connectivity index (χ0) is 27.4. The molecule has 0 fully saturated rings. The Labute approximate surface area is 221 Å². The van der Waals surface area contributed by atoms with Gasteiger partial charge in [-0.25, -0.2) is 14.0 Å². The van der Waals surface area contributed by atoms with Crippen molar-refractivity contribution in [3.8, 4) is 22.6 Å². The molecule has 0 aromatic heterocycles. The van der Waals surface area contributed by atoms with Gasteiger partial charge in [0.2, 0.25) is 0 Å². The van der Waals surface area contributed by atoms with Crippen LogP contribution in [0.1, 0.15) is 42.3 Å². The molecule has 4 aromatic rings. The van der Waals surface area contributed by atoms with Crippen LogP contribution in [0.3, 0.4) is 0 Å². The summed E-state index contributed by atoms with van der Waals surface area (Å²) in [6, 6.07) is 23.6. The van der Waals surface area contributed by atoms with Gasteiger partial charge in [-0.2, -0.15) is 0 Å². The van der Waals surface area contributed by atoms with E-state index in [9.17, 15) is 14.0 Å². The Morgan fingerprint density at radius 3 is 2.13 bits per heavy atom. The second-order valence-corrected chi connectivity index (χ2v) is 10.0. The first kappa shape index (κ1) is 26.4. The number of anilines is 2. The van der Waals surface area contributed by atoms with Crippen molar-refractivity contribution in [3.63, 3.8) is 0 Å². The maximum atomic E-state index is 14.4. The molecule has 194 valence electrons. The van der Waals surface area contributed by atoms with E-state index >= 15 is 0 Å². The minimum absolute atomic E-state index is 0.184. The number of urea groups is 1. The molecule has 0 heterocycles. The number of ether oxygens (including phenoxy) is 1. The van der Waals surface area contributed by atoms with E-state index in [4.69, 9.17) is 9.84 Å². The lowest BCUT2D eigenvalue weighted by atomic mass is 9.86. The Kier molecular flexibility index (Phi) is 7.48. The summed E-state index contributed by atoms with van der Waals surface area (Å²) in [7, 11) is 0. The first-order valence-corrected chi connectivity index (χ1v) is 12.1. The Balaban J connectivity index is 1.71. The van der Waals surface area contributed by atoms with Crippen molar-refractivity contribution >= 4 is 23.4 Å². The number of aromatic carboxylic acids is 1. The van der Waals surface area contributed by atoms with Gasteiger partial charge >= 0.3 is 12.0 Å². The SMILES string of the molecule is Cc1ccc(NC(=O)Nc2cc(-c3ccc(C(=O)O)c(F)c3)ccc2Oc2ccccc2C(C)(C)C)cc1. The lowest BCUT2D eigenvalue weighted by Crippen LogP contribution is -2.20. The van der Waals surface area contributed by atoms with E-state index in [1.807, 2.05) is 43.3 Å². The van der Waals surface area contributed by atoms with Gasteiger partial charge in [0.1, 0.15) is 11.6 Å². The standard InChI is InChI=1S/C31H29FN2O4/c1-19-9-13-22(14-10-19)33-30(37)34-26-18-21(20-11-15-23(29(35)36)25(32)17-20)12-16-28(26)38-27-8-6-5-7-24(27)31(2,3)4/h5-18H,1-4H3,(H,35,36)(H2,33,34,37). The van der Waals surface area contributed by atoms with Crippen molar-refractivity contribution in [1.82, 2.24) is 0 Å². The lowest BCUT2D eigenvalue weighted by Gasteiger charge is -2.23. The fourth-order valence-corrected chi connectivity index (χ4v) is 3.98. The van der Waals surface area contributed by atoms with Crippen molar-refractivity contribution in [2.45, 2.75) is 33.1 Å². The van der Waals surface area contributed by atoms with E-state index in [1.165, 1.54) is 12.1 Å². The minimum atomic E-state index is -1.34. The Morgan fingerprint density at radius 2 is 1.47 bits per heavy atom. The molecule has 0 atom stereocenters. The van der Waals surface area contributed by atoms with Crippen LogP contribution in [0.15, 0.2) is 84.9 Å². The van der Waals surface area contributed by atoms with E-state index < -0.39 is 23.4 Å². The number of carbonyl (C=O) groups is 2. The van der Waals surface area contributed by atoms with Gasteiger partial charge in [-0.05, 0) is 65.9 Å². The van der Waals surface area contributed by atoms with Crippen LogP contribution in [0.4, 0.5) is 20.6 Å². The minimum Gasteiger partial charge on any atom is -0.478 e. The average molecular weight is 513 g/mol. The highest BCUT2D eigenvalue weighted by Gasteiger charge is 2.20. The van der Waals surface area contributed by atoms with E-state index in [0.29, 0.717) is 34.0 Å². The van der Waals surface area contributed by atoms with Gasteiger partial charge in [0, 0.05) is 11.3 Å². The average Bonchev–Trinajstić information content (AvgIpc) is 2.86. The molecule has 4 rings (SSSR count). The molecule has 0 saturated heterocycles. The molecule has 4 aromatic carbocycles. The van der Waals surface area contributed by atoms with Gasteiger partial charge in [-0.1, -0.05) is 68.8 Å². The van der Waals surface area contributed by atoms with Crippen LogP contribution in [0, 0.1) is 12.7 Å². The second kappa shape index (κ2) is 10.8. The van der Waals surface area contributed by atoms with Crippen LogP contribution < -0.4 is 15.4 Å². The van der Waals surface area contributed by atoms with E-state index in [2.05, 4.69) is 31.4 Å². The zero-order valence-corrected chi connectivity index (χ0v) is 21.6. The quantitative estimate of drug-likeness (QED) is 0.243. The molecule has 0 aliphatic rings. The van der Waals surface area contributed by atoms with Crippen LogP contribution in [0.25, 0.3) is 11.1 Å². The fraction of sp³-hybridized carbons (Fsp3) is 0.161. The van der Waals surface area contributed by atoms with Crippen LogP contribution >= 0.6 is 0 Å². The summed E-state index contributed by atoms with van der Waals surface area (Å²) in [6.07, 6.45) is 0. The van der Waals surface area contributed by atoms with E-state index in [-0.39, 0.29) is 5.41 Å². The van der Waals surface area contributed by atoms with Crippen molar-refractivity contribution in [1.29, 1.82) is 0 Å². The third kappa shape index (κ3) is 6.18. The Bertz CT molecular complexity index is 1490. The number of carboxylic acid groups (broad SMARTS) is 1. The number of aryl methyl sites for hydroxylation is 1. The largest absolute Gasteiger partial charge is 0.478 e. The number of amides is 2. The van der Waals surface area contributed by atoms with Crippen molar-refractivity contribution in [2.75, 3.05) is 10.6 Å². The molecule has 38 heavy (non-hydrogen) atoms. The smallest absolute Gasteiger partial charge is 0.338 e. The number of hydrogen-bond acceptors (Lipinski definition) is 3. The highest BCUT2D eigenvalue weighted by molar-refractivity contribution is 6.01. The maximum absolute atomic E-state index is 14.4. The summed E-state index contributed by atoms with van der Waals surface area (Å²) < 4.78 is 20.7. The molecule has 0 unspecified atom stereocenters. The highest BCUT2D eigenvalue weighted by Crippen LogP contribution is 2.38. The summed E-state index contributed by atoms with van der Waals surface area (Å²) in [5, 5.41) is 14.8. The number of nitrogens with one attached hydrogen (secondary N) is 2. The van der Waals surface area contributed by atoms with Gasteiger partial charge in [-0.3, -0.25) is 0 Å². The summed E-state index contributed by atoms with van der Waals surface area (Å²) in [5.74, 6) is -1.15. The molecule has 2 amide bonds. The number of hydrogen-bond donors (Lipinski definition) is 3. The molecule has 0 aliphatic heterocycles. The van der Waals surface area contributed by atoms with Gasteiger partial charge in [-0.15, -0.1) is 0 Å². The van der Waals surface area contributed by atoms with Crippen molar-refractivity contribution in [3.05, 3.63) is 107 Å². The number of rotatable bonds is 6. The normalized spacial score (nSPS) is 11.1. The molecular weight excluding hydrogens is 483 g/mol. The molecule has 0 bridgehead atoms. The van der Waals surface area contributed by atoms with Gasteiger partial charge in [0.15, 0.2) is 5.75 Å². The molecule has 3 N–H and O–H groups in total. The van der Waals surface area contributed by atoms with Crippen molar-refractivity contribution < 1.29 is 23.8 Å². The first-order valence-electron chi connectivity index (χ1n) is 12.1.